The van der Waals surface area contributed by atoms with Crippen molar-refractivity contribution < 1.29 is 29.0 Å². The molecule has 146 valence electrons. The molecule has 2 aliphatic heterocycles. The first-order valence-corrected chi connectivity index (χ1v) is 10.6. The van der Waals surface area contributed by atoms with Crippen LogP contribution >= 0.6 is 11.8 Å². The number of hydrogen-bond acceptors (Lipinski definition) is 7. The van der Waals surface area contributed by atoms with E-state index < -0.39 is 58.2 Å². The zero-order valence-corrected chi connectivity index (χ0v) is 16.3. The second-order valence-electron chi connectivity index (χ2n) is 7.42. The summed E-state index contributed by atoms with van der Waals surface area (Å²) in [5.41, 5.74) is -0.855. The highest BCUT2D eigenvalue weighted by atomic mass is 32.2. The number of fused-ring (bicyclic) bond motifs is 2. The normalized spacial score (nSPS) is 43.1. The lowest BCUT2D eigenvalue weighted by Crippen LogP contribution is -2.63. The van der Waals surface area contributed by atoms with Gasteiger partial charge in [-0.05, 0) is 33.6 Å². The molecule has 0 unspecified atom stereocenters. The number of alkyl halides is 1. The Bertz CT molecular complexity index is 464. The molecular formula is C16H28FNO5S2. The Kier molecular flexibility index (Phi) is 7.61. The monoisotopic (exact) mass is 397 g/mol. The van der Waals surface area contributed by atoms with Crippen LogP contribution < -0.4 is 4.72 Å². The summed E-state index contributed by atoms with van der Waals surface area (Å²) < 4.78 is 34.6. The average molecular weight is 398 g/mol. The maximum absolute atomic E-state index is 13.9. The Hall–Kier alpha value is 0.130. The van der Waals surface area contributed by atoms with E-state index in [0.717, 1.165) is 11.8 Å². The number of hydrogen-bond donors (Lipinski definition) is 4. The predicted octanol–water partition coefficient (Wildman–Crippen LogP) is 0.636. The van der Waals surface area contributed by atoms with E-state index in [-0.39, 0.29) is 12.2 Å². The number of rotatable bonds is 2. The van der Waals surface area contributed by atoms with Gasteiger partial charge >= 0.3 is 0 Å². The van der Waals surface area contributed by atoms with Crippen LogP contribution in [-0.4, -0.2) is 72.4 Å². The molecule has 0 amide bonds. The van der Waals surface area contributed by atoms with Gasteiger partial charge in [0, 0.05) is 17.1 Å². The van der Waals surface area contributed by atoms with Crippen LogP contribution in [0.2, 0.25) is 0 Å². The van der Waals surface area contributed by atoms with Crippen LogP contribution in [-0.2, 0) is 16.1 Å². The van der Waals surface area contributed by atoms with Gasteiger partial charge in [-0.1, -0.05) is 12.2 Å². The van der Waals surface area contributed by atoms with Crippen LogP contribution in [0.25, 0.3) is 0 Å². The third-order valence-corrected chi connectivity index (χ3v) is 7.11. The Morgan fingerprint density at radius 2 is 1.80 bits per heavy atom. The van der Waals surface area contributed by atoms with Crippen LogP contribution in [0.5, 0.6) is 0 Å². The van der Waals surface area contributed by atoms with Gasteiger partial charge in [0.05, 0.1) is 6.04 Å². The molecule has 0 spiro atoms. The smallest absolute Gasteiger partial charge is 0.136 e. The van der Waals surface area contributed by atoms with Gasteiger partial charge in [0.2, 0.25) is 0 Å². The van der Waals surface area contributed by atoms with Gasteiger partial charge in [0.25, 0.3) is 0 Å². The van der Waals surface area contributed by atoms with Crippen molar-refractivity contribution in [1.29, 1.82) is 0 Å². The van der Waals surface area contributed by atoms with Crippen molar-refractivity contribution in [1.82, 2.24) is 4.72 Å². The second kappa shape index (κ2) is 8.88. The van der Waals surface area contributed by atoms with Crippen molar-refractivity contribution in [3.8, 4) is 0 Å². The molecule has 2 rings (SSSR count). The van der Waals surface area contributed by atoms with Crippen LogP contribution in [0, 0.1) is 0 Å². The Balaban J connectivity index is 2.24. The summed E-state index contributed by atoms with van der Waals surface area (Å²) >= 11 is -0.337. The van der Waals surface area contributed by atoms with E-state index in [2.05, 4.69) is 4.72 Å². The molecule has 2 bridgehead atoms. The predicted molar refractivity (Wildman–Crippen MR) is 97.2 cm³/mol. The minimum atomic E-state index is -1.41. The molecule has 0 aromatic carbocycles. The first-order chi connectivity index (χ1) is 11.6. The lowest BCUT2D eigenvalue weighted by atomic mass is 9.93. The van der Waals surface area contributed by atoms with Crippen LogP contribution in [0.15, 0.2) is 12.2 Å². The topological polar surface area (TPSA) is 105 Å². The summed E-state index contributed by atoms with van der Waals surface area (Å²) in [4.78, 5) is 0. The van der Waals surface area contributed by atoms with Gasteiger partial charge in [0.15, 0.2) is 0 Å². The fourth-order valence-electron chi connectivity index (χ4n) is 2.66. The molecule has 0 aliphatic carbocycles. The van der Waals surface area contributed by atoms with Crippen molar-refractivity contribution >= 4 is 23.1 Å². The molecule has 9 heteroatoms. The third kappa shape index (κ3) is 5.55. The van der Waals surface area contributed by atoms with Gasteiger partial charge in [-0.25, -0.2) is 4.39 Å². The van der Waals surface area contributed by atoms with E-state index in [1.54, 1.807) is 12.2 Å². The summed E-state index contributed by atoms with van der Waals surface area (Å²) in [7, 11) is 0. The average Bonchev–Trinajstić information content (AvgIpc) is 2.56. The molecule has 25 heavy (non-hydrogen) atoms. The zero-order valence-electron chi connectivity index (χ0n) is 14.7. The molecule has 0 aromatic heterocycles. The Labute approximate surface area is 155 Å². The van der Waals surface area contributed by atoms with Crippen LogP contribution in [0.4, 0.5) is 4.39 Å². The van der Waals surface area contributed by atoms with Gasteiger partial charge < -0.3 is 24.6 Å². The van der Waals surface area contributed by atoms with Gasteiger partial charge in [0.1, 0.15) is 40.8 Å². The first-order valence-electron chi connectivity index (χ1n) is 8.39. The van der Waals surface area contributed by atoms with Crippen molar-refractivity contribution in [2.75, 3.05) is 5.75 Å². The molecule has 0 radical (unpaired) electrons. The zero-order chi connectivity index (χ0) is 18.8. The van der Waals surface area contributed by atoms with Crippen LogP contribution in [0.1, 0.15) is 33.6 Å². The number of allylic oxidation sites excluding steroid dienone is 1. The van der Waals surface area contributed by atoms with Crippen molar-refractivity contribution in [3.63, 3.8) is 0 Å². The minimum absolute atomic E-state index is 0.119. The van der Waals surface area contributed by atoms with E-state index in [0.29, 0.717) is 6.42 Å². The number of thioether (sulfide) groups is 1. The maximum atomic E-state index is 13.9. The highest BCUT2D eigenvalue weighted by Gasteiger charge is 2.48. The SMILES string of the molecule is CC(C)(C)[S@@+]([O-])N[C@@H]1C/C=C\C[C@@H](F)CS[C@H]2O[C@H]1[C@H](O)[C@H](O)[C@H]2O. The highest BCUT2D eigenvalue weighted by Crippen LogP contribution is 2.32. The third-order valence-electron chi connectivity index (χ3n) is 4.21. The van der Waals surface area contributed by atoms with Gasteiger partial charge in [-0.2, -0.15) is 0 Å². The van der Waals surface area contributed by atoms with Crippen molar-refractivity contribution in [2.24, 2.45) is 0 Å². The Morgan fingerprint density at radius 3 is 2.44 bits per heavy atom. The molecule has 2 heterocycles. The largest absolute Gasteiger partial charge is 0.598 e. The molecule has 1 saturated heterocycles. The molecule has 1 fully saturated rings. The Morgan fingerprint density at radius 1 is 1.16 bits per heavy atom. The summed E-state index contributed by atoms with van der Waals surface area (Å²) in [5.74, 6) is 0.119. The number of halogens is 1. The number of nitrogens with one attached hydrogen (secondary N) is 1. The fraction of sp³-hybridized carbons (Fsp3) is 0.875. The van der Waals surface area contributed by atoms with E-state index in [4.69, 9.17) is 4.74 Å². The summed E-state index contributed by atoms with van der Waals surface area (Å²) in [6.45, 7) is 5.46. The van der Waals surface area contributed by atoms with Crippen LogP contribution in [0.3, 0.4) is 0 Å². The van der Waals surface area contributed by atoms with Gasteiger partial charge in [-0.3, -0.25) is 0 Å². The molecule has 4 N–H and O–H groups in total. The maximum Gasteiger partial charge on any atom is 0.136 e. The summed E-state index contributed by atoms with van der Waals surface area (Å²) in [6, 6.07) is -0.548. The standard InChI is InChI=1S/C16H28FNO5S2/c1-16(2,3)25(22)18-10-7-5-4-6-9(17)8-24-15-13(21)11(19)12(20)14(10)23-15/h4-5,9-15,18-21H,6-8H2,1-3H3/b5-4-/t9-,10-,11+,12-,13-,14-,15-,25-/m1/s1. The summed E-state index contributed by atoms with van der Waals surface area (Å²) in [6.07, 6.45) is -1.95. The van der Waals surface area contributed by atoms with Crippen molar-refractivity contribution in [2.45, 2.75) is 80.4 Å². The molecule has 2 aliphatic rings. The van der Waals surface area contributed by atoms with Gasteiger partial charge in [-0.15, -0.1) is 16.5 Å². The number of ether oxygens (including phenoxy) is 1. The number of aliphatic hydroxyl groups excluding tert-OH is 3. The van der Waals surface area contributed by atoms with Crippen molar-refractivity contribution in [3.05, 3.63) is 12.2 Å². The number of aliphatic hydroxyl groups is 3. The molecular weight excluding hydrogens is 369 g/mol. The molecule has 0 saturated carbocycles. The second-order valence-corrected chi connectivity index (χ2v) is 10.5. The van der Waals surface area contributed by atoms with E-state index in [9.17, 15) is 24.3 Å². The lowest BCUT2D eigenvalue weighted by molar-refractivity contribution is -0.203. The first kappa shape index (κ1) is 21.4. The van der Waals surface area contributed by atoms with E-state index in [1.165, 1.54) is 0 Å². The van der Waals surface area contributed by atoms with E-state index in [1.807, 2.05) is 20.8 Å². The molecule has 6 nitrogen and oxygen atoms in total. The quantitative estimate of drug-likeness (QED) is 0.400. The molecule has 0 aromatic rings. The molecule has 8 atom stereocenters. The highest BCUT2D eigenvalue weighted by molar-refractivity contribution is 7.99. The van der Waals surface area contributed by atoms with E-state index >= 15 is 0 Å². The fourth-order valence-corrected chi connectivity index (χ4v) is 4.62. The minimum Gasteiger partial charge on any atom is -0.598 e. The lowest BCUT2D eigenvalue weighted by Gasteiger charge is -2.43. The summed E-state index contributed by atoms with van der Waals surface area (Å²) in [5, 5.41) is 30.7.